The molecule has 7 heteroatoms. The zero-order valence-electron chi connectivity index (χ0n) is 14.3. The summed E-state index contributed by atoms with van der Waals surface area (Å²) >= 11 is 6.01. The van der Waals surface area contributed by atoms with Gasteiger partial charge in [0.15, 0.2) is 0 Å². The molecular formula is C18H21ClN6. The SMILES string of the molecule is CN(C)CCCNc1ncc(-c2ncc[nH]2)c(-c2ccc(Cl)cc2)n1. The lowest BCUT2D eigenvalue weighted by atomic mass is 10.1. The van der Waals surface area contributed by atoms with Gasteiger partial charge in [-0.25, -0.2) is 15.0 Å². The summed E-state index contributed by atoms with van der Waals surface area (Å²) in [5.41, 5.74) is 2.64. The summed E-state index contributed by atoms with van der Waals surface area (Å²) in [5.74, 6) is 1.35. The van der Waals surface area contributed by atoms with Crippen molar-refractivity contribution in [3.05, 3.63) is 47.9 Å². The van der Waals surface area contributed by atoms with Crippen molar-refractivity contribution in [2.75, 3.05) is 32.5 Å². The van der Waals surface area contributed by atoms with Gasteiger partial charge in [-0.3, -0.25) is 0 Å². The number of hydrogen-bond acceptors (Lipinski definition) is 5. The molecule has 3 aromatic rings. The Morgan fingerprint density at radius 1 is 1.16 bits per heavy atom. The highest BCUT2D eigenvalue weighted by Crippen LogP contribution is 2.29. The number of nitrogens with zero attached hydrogens (tertiary/aromatic N) is 4. The largest absolute Gasteiger partial charge is 0.354 e. The molecule has 1 aromatic carbocycles. The molecule has 0 aliphatic carbocycles. The van der Waals surface area contributed by atoms with Gasteiger partial charge in [-0.15, -0.1) is 0 Å². The summed E-state index contributed by atoms with van der Waals surface area (Å²) in [6.45, 7) is 1.83. The molecule has 2 aromatic heterocycles. The van der Waals surface area contributed by atoms with Crippen molar-refractivity contribution in [2.45, 2.75) is 6.42 Å². The van der Waals surface area contributed by atoms with Crippen LogP contribution in [0.5, 0.6) is 0 Å². The molecule has 0 unspecified atom stereocenters. The molecule has 0 spiro atoms. The standard InChI is InChI=1S/C18H21ClN6/c1-25(2)11-3-8-22-18-23-12-15(17-20-9-10-21-17)16(24-18)13-4-6-14(19)7-5-13/h4-7,9-10,12H,3,8,11H2,1-2H3,(H,20,21)(H,22,23,24). The maximum absolute atomic E-state index is 6.01. The zero-order valence-corrected chi connectivity index (χ0v) is 15.1. The van der Waals surface area contributed by atoms with Crippen molar-refractivity contribution in [1.29, 1.82) is 0 Å². The van der Waals surface area contributed by atoms with Gasteiger partial charge < -0.3 is 15.2 Å². The lowest BCUT2D eigenvalue weighted by molar-refractivity contribution is 0.405. The monoisotopic (exact) mass is 356 g/mol. The lowest BCUT2D eigenvalue weighted by Crippen LogP contribution is -2.17. The first-order valence-electron chi connectivity index (χ1n) is 8.15. The third-order valence-corrected chi connectivity index (χ3v) is 3.98. The number of aromatic amines is 1. The molecule has 0 fully saturated rings. The minimum atomic E-state index is 0.610. The van der Waals surface area contributed by atoms with Crippen molar-refractivity contribution in [1.82, 2.24) is 24.8 Å². The second-order valence-electron chi connectivity index (χ2n) is 5.98. The van der Waals surface area contributed by atoms with Crippen LogP contribution in [0.2, 0.25) is 5.02 Å². The first kappa shape index (κ1) is 17.4. The summed E-state index contributed by atoms with van der Waals surface area (Å²) < 4.78 is 0. The van der Waals surface area contributed by atoms with Crippen molar-refractivity contribution in [3.8, 4) is 22.6 Å². The summed E-state index contributed by atoms with van der Waals surface area (Å²) in [7, 11) is 4.13. The molecule has 25 heavy (non-hydrogen) atoms. The fourth-order valence-electron chi connectivity index (χ4n) is 2.48. The Bertz CT molecular complexity index is 799. The van der Waals surface area contributed by atoms with Gasteiger partial charge >= 0.3 is 0 Å². The molecule has 0 amide bonds. The fraction of sp³-hybridized carbons (Fsp3) is 0.278. The van der Waals surface area contributed by atoms with E-state index in [0.717, 1.165) is 42.2 Å². The highest BCUT2D eigenvalue weighted by atomic mass is 35.5. The number of hydrogen-bond donors (Lipinski definition) is 2. The van der Waals surface area contributed by atoms with Crippen LogP contribution < -0.4 is 5.32 Å². The fourth-order valence-corrected chi connectivity index (χ4v) is 2.60. The number of benzene rings is 1. The number of halogens is 1. The van der Waals surface area contributed by atoms with Crippen LogP contribution in [0.25, 0.3) is 22.6 Å². The lowest BCUT2D eigenvalue weighted by Gasteiger charge is -2.12. The van der Waals surface area contributed by atoms with Crippen LogP contribution in [-0.4, -0.2) is 52.0 Å². The van der Waals surface area contributed by atoms with E-state index in [2.05, 4.69) is 39.3 Å². The molecule has 0 aliphatic heterocycles. The van der Waals surface area contributed by atoms with Crippen LogP contribution in [0.1, 0.15) is 6.42 Å². The van der Waals surface area contributed by atoms with E-state index in [1.807, 2.05) is 24.3 Å². The van der Waals surface area contributed by atoms with Crippen molar-refractivity contribution >= 4 is 17.5 Å². The summed E-state index contributed by atoms with van der Waals surface area (Å²) in [4.78, 5) is 18.7. The van der Waals surface area contributed by atoms with Gasteiger partial charge in [-0.05, 0) is 39.2 Å². The molecule has 0 radical (unpaired) electrons. The average molecular weight is 357 g/mol. The molecule has 0 saturated carbocycles. The number of imidazole rings is 1. The Kier molecular flexibility index (Phi) is 5.63. The van der Waals surface area contributed by atoms with Gasteiger partial charge in [0, 0.05) is 35.7 Å². The van der Waals surface area contributed by atoms with Gasteiger partial charge in [0.25, 0.3) is 0 Å². The first-order valence-corrected chi connectivity index (χ1v) is 8.52. The molecule has 0 saturated heterocycles. The predicted octanol–water partition coefficient (Wildman–Crippen LogP) is 3.55. The van der Waals surface area contributed by atoms with Crippen LogP contribution >= 0.6 is 11.6 Å². The number of nitrogens with one attached hydrogen (secondary N) is 2. The second kappa shape index (κ2) is 8.09. The van der Waals surface area contributed by atoms with Crippen molar-refractivity contribution in [2.24, 2.45) is 0 Å². The predicted molar refractivity (Wildman–Crippen MR) is 102 cm³/mol. The van der Waals surface area contributed by atoms with E-state index in [0.29, 0.717) is 11.0 Å². The maximum Gasteiger partial charge on any atom is 0.223 e. The Hall–Kier alpha value is -2.44. The second-order valence-corrected chi connectivity index (χ2v) is 6.42. The van der Waals surface area contributed by atoms with Gasteiger partial charge in [0.2, 0.25) is 5.95 Å². The quantitative estimate of drug-likeness (QED) is 0.633. The molecule has 0 aliphatic rings. The number of H-pyrrole nitrogens is 1. The van der Waals surface area contributed by atoms with Gasteiger partial charge in [0.05, 0.1) is 11.3 Å². The van der Waals surface area contributed by atoms with Crippen LogP contribution in [-0.2, 0) is 0 Å². The van der Waals surface area contributed by atoms with E-state index in [1.165, 1.54) is 0 Å². The zero-order chi connectivity index (χ0) is 17.6. The van der Waals surface area contributed by atoms with Crippen molar-refractivity contribution in [3.63, 3.8) is 0 Å². The van der Waals surface area contributed by atoms with E-state index in [1.54, 1.807) is 18.6 Å². The maximum atomic E-state index is 6.01. The average Bonchev–Trinajstić information content (AvgIpc) is 3.13. The van der Waals surface area contributed by atoms with Crippen LogP contribution in [0.3, 0.4) is 0 Å². The Morgan fingerprint density at radius 2 is 1.96 bits per heavy atom. The molecule has 130 valence electrons. The number of aromatic nitrogens is 4. The minimum absolute atomic E-state index is 0.610. The van der Waals surface area contributed by atoms with E-state index in [-0.39, 0.29) is 0 Å². The topological polar surface area (TPSA) is 69.7 Å². The molecule has 0 bridgehead atoms. The molecule has 2 N–H and O–H groups in total. The molecular weight excluding hydrogens is 336 g/mol. The summed E-state index contributed by atoms with van der Waals surface area (Å²) in [5, 5.41) is 3.98. The smallest absolute Gasteiger partial charge is 0.223 e. The van der Waals surface area contributed by atoms with E-state index in [9.17, 15) is 0 Å². The Morgan fingerprint density at radius 3 is 2.64 bits per heavy atom. The Balaban J connectivity index is 1.88. The summed E-state index contributed by atoms with van der Waals surface area (Å²) in [6.07, 6.45) is 6.32. The van der Waals surface area contributed by atoms with Crippen LogP contribution in [0.15, 0.2) is 42.9 Å². The van der Waals surface area contributed by atoms with Crippen LogP contribution in [0, 0.1) is 0 Å². The molecule has 3 rings (SSSR count). The molecule has 6 nitrogen and oxygen atoms in total. The van der Waals surface area contributed by atoms with E-state index in [4.69, 9.17) is 16.6 Å². The normalized spacial score (nSPS) is 11.0. The molecule has 2 heterocycles. The first-order chi connectivity index (χ1) is 12.1. The van der Waals surface area contributed by atoms with Crippen molar-refractivity contribution < 1.29 is 0 Å². The van der Waals surface area contributed by atoms with E-state index >= 15 is 0 Å². The minimum Gasteiger partial charge on any atom is -0.354 e. The number of anilines is 1. The number of rotatable bonds is 7. The van der Waals surface area contributed by atoms with E-state index < -0.39 is 0 Å². The third kappa shape index (κ3) is 4.55. The van der Waals surface area contributed by atoms with Gasteiger partial charge in [-0.1, -0.05) is 23.7 Å². The molecule has 0 atom stereocenters. The van der Waals surface area contributed by atoms with Gasteiger partial charge in [-0.2, -0.15) is 0 Å². The third-order valence-electron chi connectivity index (χ3n) is 3.72. The Labute approximate surface area is 152 Å². The highest BCUT2D eigenvalue weighted by molar-refractivity contribution is 6.30. The van der Waals surface area contributed by atoms with Gasteiger partial charge in [0.1, 0.15) is 5.82 Å². The van der Waals surface area contributed by atoms with Crippen LogP contribution in [0.4, 0.5) is 5.95 Å². The summed E-state index contributed by atoms with van der Waals surface area (Å²) in [6, 6.07) is 7.62. The highest BCUT2D eigenvalue weighted by Gasteiger charge is 2.13.